The number of ether oxygens (including phenoxy) is 3. The van der Waals surface area contributed by atoms with Gasteiger partial charge in [0.05, 0.1) is 31.1 Å². The number of methoxy groups -OCH3 is 3. The van der Waals surface area contributed by atoms with E-state index in [1.807, 2.05) is 0 Å². The predicted octanol–water partition coefficient (Wildman–Crippen LogP) is 3.35. The first kappa shape index (κ1) is 25.5. The van der Waals surface area contributed by atoms with E-state index in [1.165, 1.54) is 18.5 Å². The molecule has 34 heavy (non-hydrogen) atoms. The monoisotopic (exact) mass is 507 g/mol. The molecule has 0 unspecified atom stereocenters. The van der Waals surface area contributed by atoms with E-state index in [0.29, 0.717) is 22.8 Å². The van der Waals surface area contributed by atoms with Gasteiger partial charge < -0.3 is 14.2 Å². The summed E-state index contributed by atoms with van der Waals surface area (Å²) in [4.78, 5) is -0.512. The number of nitrogens with zero attached hydrogens (tertiary/aromatic N) is 1. The molecule has 3 rings (SSSR count). The summed E-state index contributed by atoms with van der Waals surface area (Å²) < 4.78 is 76.0. The zero-order valence-corrected chi connectivity index (χ0v) is 20.5. The molecule has 11 heteroatoms. The normalized spacial score (nSPS) is 11.9. The van der Waals surface area contributed by atoms with Crippen molar-refractivity contribution in [2.45, 2.75) is 22.9 Å². The summed E-state index contributed by atoms with van der Waals surface area (Å²) in [5.41, 5.74) is 1.38. The molecule has 0 amide bonds. The standard InChI is InChI=1S/C23H25NO8S2/c1-30-19-7-4-17(5-8-19)15-24(16-18-6-13-22(31-2)23(14-18)32-3)33(25,26)20-9-11-21(12-10-20)34(27,28)29/h4-14H,15-16H2,1-3H3,(H,27,28,29). The number of hydrogen-bond acceptors (Lipinski definition) is 7. The zero-order valence-electron chi connectivity index (χ0n) is 18.8. The fourth-order valence-corrected chi connectivity index (χ4v) is 5.17. The fourth-order valence-electron chi connectivity index (χ4n) is 3.28. The molecule has 0 aliphatic carbocycles. The lowest BCUT2D eigenvalue weighted by Crippen LogP contribution is -2.30. The van der Waals surface area contributed by atoms with Crippen molar-refractivity contribution in [1.29, 1.82) is 0 Å². The van der Waals surface area contributed by atoms with Gasteiger partial charge in [0, 0.05) is 13.1 Å². The molecule has 0 aliphatic rings. The minimum absolute atomic E-state index is 0.00870. The molecule has 0 aromatic heterocycles. The van der Waals surface area contributed by atoms with Crippen LogP contribution in [0.4, 0.5) is 0 Å². The van der Waals surface area contributed by atoms with Gasteiger partial charge in [0.1, 0.15) is 5.75 Å². The number of rotatable bonds is 10. The third-order valence-electron chi connectivity index (χ3n) is 5.08. The van der Waals surface area contributed by atoms with Gasteiger partial charge in [0.2, 0.25) is 10.0 Å². The summed E-state index contributed by atoms with van der Waals surface area (Å²) in [5.74, 6) is 1.61. The van der Waals surface area contributed by atoms with Gasteiger partial charge in [0.25, 0.3) is 10.1 Å². The van der Waals surface area contributed by atoms with Crippen LogP contribution in [-0.4, -0.2) is 47.0 Å². The van der Waals surface area contributed by atoms with Crippen molar-refractivity contribution in [3.8, 4) is 17.2 Å². The zero-order chi connectivity index (χ0) is 24.9. The Bertz CT molecular complexity index is 1340. The van der Waals surface area contributed by atoms with Crippen LogP contribution in [0.1, 0.15) is 11.1 Å². The van der Waals surface area contributed by atoms with Crippen LogP contribution < -0.4 is 14.2 Å². The third kappa shape index (κ3) is 5.86. The van der Waals surface area contributed by atoms with E-state index in [9.17, 15) is 21.4 Å². The van der Waals surface area contributed by atoms with Gasteiger partial charge in [0.15, 0.2) is 11.5 Å². The lowest BCUT2D eigenvalue weighted by atomic mass is 10.2. The molecule has 182 valence electrons. The maximum atomic E-state index is 13.5. The molecule has 3 aromatic carbocycles. The van der Waals surface area contributed by atoms with Crippen molar-refractivity contribution in [2.24, 2.45) is 0 Å². The smallest absolute Gasteiger partial charge is 0.294 e. The second kappa shape index (κ2) is 10.4. The van der Waals surface area contributed by atoms with Crippen LogP contribution in [0.2, 0.25) is 0 Å². The molecule has 3 aromatic rings. The van der Waals surface area contributed by atoms with Gasteiger partial charge in [-0.1, -0.05) is 18.2 Å². The van der Waals surface area contributed by atoms with Crippen molar-refractivity contribution in [3.63, 3.8) is 0 Å². The largest absolute Gasteiger partial charge is 0.497 e. The van der Waals surface area contributed by atoms with Crippen LogP contribution >= 0.6 is 0 Å². The van der Waals surface area contributed by atoms with Crippen molar-refractivity contribution >= 4 is 20.1 Å². The molecule has 1 N–H and O–H groups in total. The third-order valence-corrected chi connectivity index (χ3v) is 7.76. The van der Waals surface area contributed by atoms with Crippen LogP contribution in [-0.2, 0) is 33.2 Å². The van der Waals surface area contributed by atoms with Gasteiger partial charge in [-0.2, -0.15) is 12.7 Å². The summed E-state index contributed by atoms with van der Waals surface area (Å²) in [5, 5.41) is 0. The van der Waals surface area contributed by atoms with E-state index in [0.717, 1.165) is 29.8 Å². The minimum Gasteiger partial charge on any atom is -0.497 e. The molecule has 0 saturated heterocycles. The van der Waals surface area contributed by atoms with Crippen LogP contribution in [0.3, 0.4) is 0 Å². The minimum atomic E-state index is -4.45. The molecular weight excluding hydrogens is 482 g/mol. The molecule has 0 saturated carbocycles. The van der Waals surface area contributed by atoms with Crippen molar-refractivity contribution < 1.29 is 35.6 Å². The van der Waals surface area contributed by atoms with Crippen LogP contribution in [0.25, 0.3) is 0 Å². The Kier molecular flexibility index (Phi) is 7.82. The van der Waals surface area contributed by atoms with Crippen LogP contribution in [0.15, 0.2) is 76.5 Å². The van der Waals surface area contributed by atoms with E-state index in [1.54, 1.807) is 49.6 Å². The number of hydrogen-bond donors (Lipinski definition) is 1. The van der Waals surface area contributed by atoms with E-state index in [4.69, 9.17) is 14.2 Å². The molecule has 0 heterocycles. The van der Waals surface area contributed by atoms with Crippen LogP contribution in [0.5, 0.6) is 17.2 Å². The highest BCUT2D eigenvalue weighted by Gasteiger charge is 2.26. The Morgan fingerprint density at radius 1 is 0.676 bits per heavy atom. The molecule has 9 nitrogen and oxygen atoms in total. The van der Waals surface area contributed by atoms with Crippen molar-refractivity contribution in [3.05, 3.63) is 77.9 Å². The molecule has 0 spiro atoms. The lowest BCUT2D eigenvalue weighted by Gasteiger charge is -2.23. The Morgan fingerprint density at radius 2 is 1.21 bits per heavy atom. The Balaban J connectivity index is 2.00. The van der Waals surface area contributed by atoms with Gasteiger partial charge in [-0.05, 0) is 59.7 Å². The highest BCUT2D eigenvalue weighted by atomic mass is 32.2. The number of benzene rings is 3. The summed E-state index contributed by atoms with van der Waals surface area (Å²) in [6.07, 6.45) is 0. The second-order valence-corrected chi connectivity index (χ2v) is 10.6. The molecule has 0 bridgehead atoms. The molecule has 0 fully saturated rings. The Hall–Kier alpha value is -3.12. The van der Waals surface area contributed by atoms with Crippen molar-refractivity contribution in [1.82, 2.24) is 4.31 Å². The Labute approximate surface area is 199 Å². The maximum Gasteiger partial charge on any atom is 0.294 e. The van der Waals surface area contributed by atoms with Crippen molar-refractivity contribution in [2.75, 3.05) is 21.3 Å². The average Bonchev–Trinajstić information content (AvgIpc) is 2.83. The number of sulfonamides is 1. The van der Waals surface area contributed by atoms with Gasteiger partial charge in [-0.3, -0.25) is 4.55 Å². The van der Waals surface area contributed by atoms with Crippen LogP contribution in [0, 0.1) is 0 Å². The molecule has 0 atom stereocenters. The quantitative estimate of drug-likeness (QED) is 0.415. The maximum absolute atomic E-state index is 13.5. The van der Waals surface area contributed by atoms with Gasteiger partial charge in [-0.15, -0.1) is 0 Å². The highest BCUT2D eigenvalue weighted by molar-refractivity contribution is 7.89. The summed E-state index contributed by atoms with van der Waals surface area (Å²) in [6, 6.07) is 16.5. The first-order chi connectivity index (χ1) is 16.1. The average molecular weight is 508 g/mol. The summed E-state index contributed by atoms with van der Waals surface area (Å²) in [6.45, 7) is 0.0511. The molecule has 0 radical (unpaired) electrons. The highest BCUT2D eigenvalue weighted by Crippen LogP contribution is 2.30. The van der Waals surface area contributed by atoms with E-state index < -0.39 is 25.0 Å². The topological polar surface area (TPSA) is 119 Å². The van der Waals surface area contributed by atoms with E-state index in [-0.39, 0.29) is 18.0 Å². The summed E-state index contributed by atoms with van der Waals surface area (Å²) in [7, 11) is -3.97. The lowest BCUT2D eigenvalue weighted by molar-refractivity contribution is 0.352. The Morgan fingerprint density at radius 3 is 1.74 bits per heavy atom. The molecule has 0 aliphatic heterocycles. The van der Waals surface area contributed by atoms with Gasteiger partial charge in [-0.25, -0.2) is 8.42 Å². The SMILES string of the molecule is COc1ccc(CN(Cc2ccc(OC)c(OC)c2)S(=O)(=O)c2ccc(S(=O)(=O)O)cc2)cc1. The first-order valence-corrected chi connectivity index (χ1v) is 12.9. The molecular formula is C23H25NO8S2. The fraction of sp³-hybridized carbons (Fsp3) is 0.217. The first-order valence-electron chi connectivity index (χ1n) is 10.00. The van der Waals surface area contributed by atoms with E-state index >= 15 is 0 Å². The summed E-state index contributed by atoms with van der Waals surface area (Å²) >= 11 is 0. The van der Waals surface area contributed by atoms with Gasteiger partial charge >= 0.3 is 0 Å². The van der Waals surface area contributed by atoms with E-state index in [2.05, 4.69) is 0 Å². The predicted molar refractivity (Wildman–Crippen MR) is 125 cm³/mol. The second-order valence-electron chi connectivity index (χ2n) is 7.26.